The zero-order valence-electron chi connectivity index (χ0n) is 13.9. The number of carboxylic acids is 1. The Hall–Kier alpha value is -3.00. The normalized spacial score (nSPS) is 10.6. The summed E-state index contributed by atoms with van der Waals surface area (Å²) in [6, 6.07) is 7.12. The molecule has 0 heterocycles. The number of carbonyl (C=O) groups is 2. The molecule has 8 heteroatoms. The summed E-state index contributed by atoms with van der Waals surface area (Å²) in [5.74, 6) is -0.951. The maximum absolute atomic E-state index is 12.0. The van der Waals surface area contributed by atoms with Crippen LogP contribution in [0.25, 0.3) is 6.08 Å². The minimum atomic E-state index is -1.17. The van der Waals surface area contributed by atoms with Crippen LogP contribution in [0.5, 0.6) is 17.2 Å². The molecule has 0 saturated carbocycles. The second-order valence-electron chi connectivity index (χ2n) is 5.10. The number of ether oxygens (including phenoxy) is 2. The smallest absolute Gasteiger partial charge is 0.335 e. The van der Waals surface area contributed by atoms with Crippen LogP contribution in [0.4, 0.5) is 5.69 Å². The monoisotopic (exact) mass is 421 g/mol. The molecule has 0 radical (unpaired) electrons. The van der Waals surface area contributed by atoms with Crippen molar-refractivity contribution in [3.8, 4) is 17.2 Å². The van der Waals surface area contributed by atoms with Crippen LogP contribution in [0, 0.1) is 0 Å². The number of aromatic hydroxyl groups is 1. The molecule has 0 aliphatic carbocycles. The number of aromatic carboxylic acids is 1. The molecule has 0 unspecified atom stereocenters. The number of carbonyl (C=O) groups excluding carboxylic acids is 1. The maximum atomic E-state index is 12.0. The molecular formula is C18H16BrNO6. The standard InChI is InChI=1S/C18H16BrNO6/c1-25-15-8-10(7-12(19)17(15)26-2)3-6-16(22)20-13-5-4-11(18(23)24)9-14(13)21/h3-9,21H,1-2H3,(H,20,22)(H,23,24)/b6-3+. The number of hydrogen-bond acceptors (Lipinski definition) is 5. The van der Waals surface area contributed by atoms with Crippen LogP contribution < -0.4 is 14.8 Å². The lowest BCUT2D eigenvalue weighted by atomic mass is 10.1. The fraction of sp³-hybridized carbons (Fsp3) is 0.111. The summed E-state index contributed by atoms with van der Waals surface area (Å²) in [5.41, 5.74) is 0.722. The largest absolute Gasteiger partial charge is 0.506 e. The average molecular weight is 422 g/mol. The van der Waals surface area contributed by atoms with Crippen molar-refractivity contribution in [3.63, 3.8) is 0 Å². The van der Waals surface area contributed by atoms with Crippen molar-refractivity contribution in [1.82, 2.24) is 0 Å². The topological polar surface area (TPSA) is 105 Å². The highest BCUT2D eigenvalue weighted by molar-refractivity contribution is 9.10. The van der Waals surface area contributed by atoms with E-state index in [2.05, 4.69) is 21.2 Å². The van der Waals surface area contributed by atoms with E-state index in [0.29, 0.717) is 21.5 Å². The van der Waals surface area contributed by atoms with Gasteiger partial charge in [0, 0.05) is 6.08 Å². The maximum Gasteiger partial charge on any atom is 0.335 e. The highest BCUT2D eigenvalue weighted by Crippen LogP contribution is 2.36. The highest BCUT2D eigenvalue weighted by atomic mass is 79.9. The molecule has 0 bridgehead atoms. The number of amides is 1. The van der Waals surface area contributed by atoms with E-state index < -0.39 is 11.9 Å². The third-order valence-electron chi connectivity index (χ3n) is 3.39. The Bertz CT molecular complexity index is 878. The number of anilines is 1. The summed E-state index contributed by atoms with van der Waals surface area (Å²) >= 11 is 3.37. The number of carboxylic acid groups (broad SMARTS) is 1. The first-order chi connectivity index (χ1) is 12.3. The van der Waals surface area contributed by atoms with E-state index in [-0.39, 0.29) is 17.0 Å². The zero-order valence-corrected chi connectivity index (χ0v) is 15.5. The number of phenols is 1. The molecule has 0 aliphatic rings. The molecule has 0 spiro atoms. The molecule has 2 aromatic rings. The molecule has 1 amide bonds. The molecule has 0 atom stereocenters. The molecule has 7 nitrogen and oxygen atoms in total. The Balaban J connectivity index is 2.15. The Kier molecular flexibility index (Phi) is 6.24. The summed E-state index contributed by atoms with van der Waals surface area (Å²) in [4.78, 5) is 22.9. The molecule has 3 N–H and O–H groups in total. The van der Waals surface area contributed by atoms with E-state index in [4.69, 9.17) is 14.6 Å². The van der Waals surface area contributed by atoms with Gasteiger partial charge in [0.15, 0.2) is 11.5 Å². The van der Waals surface area contributed by atoms with Crippen LogP contribution >= 0.6 is 15.9 Å². The summed E-state index contributed by atoms with van der Waals surface area (Å²) < 4.78 is 11.1. The van der Waals surface area contributed by atoms with Gasteiger partial charge in [0.2, 0.25) is 5.91 Å². The minimum Gasteiger partial charge on any atom is -0.506 e. The molecule has 0 saturated heterocycles. The van der Waals surface area contributed by atoms with Crippen LogP contribution in [-0.2, 0) is 4.79 Å². The van der Waals surface area contributed by atoms with E-state index in [1.54, 1.807) is 18.2 Å². The summed E-state index contributed by atoms with van der Waals surface area (Å²) in [6.45, 7) is 0. The number of methoxy groups -OCH3 is 2. The van der Waals surface area contributed by atoms with Crippen LogP contribution in [-0.4, -0.2) is 36.3 Å². The molecule has 0 aromatic heterocycles. The summed E-state index contributed by atoms with van der Waals surface area (Å²) in [7, 11) is 3.03. The average Bonchev–Trinajstić information content (AvgIpc) is 2.60. The molecule has 0 aliphatic heterocycles. The second-order valence-corrected chi connectivity index (χ2v) is 5.95. The fourth-order valence-corrected chi connectivity index (χ4v) is 2.77. The van der Waals surface area contributed by atoms with Gasteiger partial charge in [-0.15, -0.1) is 0 Å². The molecule has 136 valence electrons. The van der Waals surface area contributed by atoms with E-state index in [0.717, 1.165) is 6.07 Å². The lowest BCUT2D eigenvalue weighted by molar-refractivity contribution is -0.111. The van der Waals surface area contributed by atoms with Crippen molar-refractivity contribution >= 4 is 39.6 Å². The Morgan fingerprint density at radius 1 is 1.15 bits per heavy atom. The van der Waals surface area contributed by atoms with Gasteiger partial charge in [-0.3, -0.25) is 4.79 Å². The van der Waals surface area contributed by atoms with E-state index in [9.17, 15) is 14.7 Å². The van der Waals surface area contributed by atoms with Gasteiger partial charge in [0.05, 0.1) is 29.9 Å². The van der Waals surface area contributed by atoms with Crippen molar-refractivity contribution < 1.29 is 29.3 Å². The lowest BCUT2D eigenvalue weighted by Gasteiger charge is -2.10. The lowest BCUT2D eigenvalue weighted by Crippen LogP contribution is -2.08. The predicted octanol–water partition coefficient (Wildman–Crippen LogP) is 3.52. The molecular weight excluding hydrogens is 406 g/mol. The second kappa shape index (κ2) is 8.39. The third kappa shape index (κ3) is 4.54. The third-order valence-corrected chi connectivity index (χ3v) is 3.97. The van der Waals surface area contributed by atoms with Gasteiger partial charge in [0.1, 0.15) is 5.75 Å². The van der Waals surface area contributed by atoms with Crippen LogP contribution in [0.2, 0.25) is 0 Å². The minimum absolute atomic E-state index is 0.0776. The predicted molar refractivity (Wildman–Crippen MR) is 100.0 cm³/mol. The molecule has 2 rings (SSSR count). The van der Waals surface area contributed by atoms with Gasteiger partial charge in [0.25, 0.3) is 0 Å². The molecule has 0 fully saturated rings. The number of phenolic OH excluding ortho intramolecular Hbond substituents is 1. The van der Waals surface area contributed by atoms with Crippen molar-refractivity contribution in [1.29, 1.82) is 0 Å². The summed E-state index contributed by atoms with van der Waals surface area (Å²) in [5, 5.41) is 21.1. The van der Waals surface area contributed by atoms with Crippen molar-refractivity contribution in [2.75, 3.05) is 19.5 Å². The first-order valence-corrected chi connectivity index (χ1v) is 8.12. The van der Waals surface area contributed by atoms with Crippen LogP contribution in [0.3, 0.4) is 0 Å². The van der Waals surface area contributed by atoms with Gasteiger partial charge in [-0.1, -0.05) is 0 Å². The Morgan fingerprint density at radius 3 is 2.46 bits per heavy atom. The quantitative estimate of drug-likeness (QED) is 0.486. The SMILES string of the molecule is COc1cc(/C=C/C(=O)Nc2ccc(C(=O)O)cc2O)cc(Br)c1OC. The number of nitrogens with one attached hydrogen (secondary N) is 1. The first kappa shape index (κ1) is 19.3. The highest BCUT2D eigenvalue weighted by Gasteiger charge is 2.11. The molecule has 2 aromatic carbocycles. The zero-order chi connectivity index (χ0) is 19.3. The van der Waals surface area contributed by atoms with E-state index in [1.807, 2.05) is 0 Å². The Labute approximate surface area is 158 Å². The number of benzene rings is 2. The fourth-order valence-electron chi connectivity index (χ4n) is 2.15. The van der Waals surface area contributed by atoms with Crippen molar-refractivity contribution in [2.45, 2.75) is 0 Å². The van der Waals surface area contributed by atoms with Crippen LogP contribution in [0.1, 0.15) is 15.9 Å². The Morgan fingerprint density at radius 2 is 1.88 bits per heavy atom. The number of rotatable bonds is 6. The van der Waals surface area contributed by atoms with E-state index in [1.165, 1.54) is 32.4 Å². The van der Waals surface area contributed by atoms with Crippen LogP contribution in [0.15, 0.2) is 40.9 Å². The number of hydrogen-bond donors (Lipinski definition) is 3. The number of halogens is 1. The van der Waals surface area contributed by atoms with Gasteiger partial charge in [-0.25, -0.2) is 4.79 Å². The van der Waals surface area contributed by atoms with Gasteiger partial charge in [-0.05, 0) is 57.9 Å². The van der Waals surface area contributed by atoms with Crippen molar-refractivity contribution in [3.05, 3.63) is 52.0 Å². The molecule has 26 heavy (non-hydrogen) atoms. The van der Waals surface area contributed by atoms with Gasteiger partial charge in [-0.2, -0.15) is 0 Å². The van der Waals surface area contributed by atoms with Gasteiger partial charge >= 0.3 is 5.97 Å². The van der Waals surface area contributed by atoms with Crippen molar-refractivity contribution in [2.24, 2.45) is 0 Å². The first-order valence-electron chi connectivity index (χ1n) is 7.32. The summed E-state index contributed by atoms with van der Waals surface area (Å²) in [6.07, 6.45) is 2.84. The van der Waals surface area contributed by atoms with Gasteiger partial charge < -0.3 is 25.0 Å². The van der Waals surface area contributed by atoms with E-state index >= 15 is 0 Å².